The molecule has 4 aromatic rings. The van der Waals surface area contributed by atoms with Gasteiger partial charge in [0, 0.05) is 69.1 Å². The Labute approximate surface area is 276 Å². The summed E-state index contributed by atoms with van der Waals surface area (Å²) in [5, 5.41) is 0.120. The van der Waals surface area contributed by atoms with Crippen molar-refractivity contribution in [3.8, 4) is 16.9 Å². The monoisotopic (exact) mass is 653 g/mol. The lowest BCUT2D eigenvalue weighted by Crippen LogP contribution is -2.45. The number of carbonyl (C=O) groups is 2. The Balaban J connectivity index is 1.06. The highest BCUT2D eigenvalue weighted by Gasteiger charge is 2.45. The standard InChI is InChI=1S/C37H37F2N5O4/c1-22-21-48-35-32-27(17-30(39)33(35)41-14-12-40(2)13-15-41)34(45)28(19-44(22)32)37(47)42-18-25-10-11-43(31(25)20-42)36(46)24-8-9-26(29(38)16-24)23-6-4-3-5-7-23/h3-9,16-17,19,22,25,31H,10-15,18,20-21H2,1-2H3/t22?,25-,31+/m0/s1. The highest BCUT2D eigenvalue weighted by atomic mass is 19.1. The SMILES string of the molecule is CC1COc2c(N3CCN(C)CC3)c(F)cc3c(=O)c(C(=O)N4C[C@@H]5CCN(C(=O)c6ccc(-c7ccccc7)c(F)c6)[C@@H]5C4)cn1c23. The zero-order valence-electron chi connectivity index (χ0n) is 27.0. The Morgan fingerprint density at radius 2 is 1.67 bits per heavy atom. The van der Waals surface area contributed by atoms with Gasteiger partial charge in [-0.15, -0.1) is 0 Å². The summed E-state index contributed by atoms with van der Waals surface area (Å²) < 4.78 is 38.9. The summed E-state index contributed by atoms with van der Waals surface area (Å²) in [6.07, 6.45) is 2.30. The van der Waals surface area contributed by atoms with Crippen LogP contribution in [0.3, 0.4) is 0 Å². The van der Waals surface area contributed by atoms with E-state index in [0.717, 1.165) is 18.7 Å². The lowest BCUT2D eigenvalue weighted by molar-refractivity contribution is 0.0688. The van der Waals surface area contributed by atoms with Gasteiger partial charge < -0.3 is 28.9 Å². The zero-order chi connectivity index (χ0) is 33.3. The third-order valence-corrected chi connectivity index (χ3v) is 10.6. The predicted molar refractivity (Wildman–Crippen MR) is 179 cm³/mol. The van der Waals surface area contributed by atoms with Gasteiger partial charge in [0.15, 0.2) is 11.6 Å². The second-order valence-electron chi connectivity index (χ2n) is 13.5. The van der Waals surface area contributed by atoms with Crippen molar-refractivity contribution in [2.24, 2.45) is 5.92 Å². The van der Waals surface area contributed by atoms with Crippen LogP contribution in [-0.2, 0) is 0 Å². The number of rotatable bonds is 4. The number of amides is 2. The maximum Gasteiger partial charge on any atom is 0.259 e. The molecule has 1 aromatic heterocycles. The van der Waals surface area contributed by atoms with E-state index >= 15 is 8.78 Å². The number of fused-ring (bicyclic) bond motifs is 1. The summed E-state index contributed by atoms with van der Waals surface area (Å²) >= 11 is 0. The summed E-state index contributed by atoms with van der Waals surface area (Å²) in [5.41, 5.74) is 1.73. The van der Waals surface area contributed by atoms with Crippen LogP contribution in [0.1, 0.15) is 40.1 Å². The quantitative estimate of drug-likeness (QED) is 0.320. The molecule has 3 saturated heterocycles. The first kappa shape index (κ1) is 30.6. The second-order valence-corrected chi connectivity index (χ2v) is 13.5. The fourth-order valence-electron chi connectivity index (χ4n) is 7.90. The Hall–Kier alpha value is -4.77. The molecule has 1 unspecified atom stereocenters. The topological polar surface area (TPSA) is 78.3 Å². The van der Waals surface area contributed by atoms with Crippen molar-refractivity contribution in [2.75, 3.05) is 64.4 Å². The number of benzene rings is 3. The summed E-state index contributed by atoms with van der Waals surface area (Å²) in [7, 11) is 2.03. The third kappa shape index (κ3) is 4.94. The maximum atomic E-state index is 15.8. The maximum absolute atomic E-state index is 15.8. The number of piperazine rings is 1. The first-order chi connectivity index (χ1) is 23.2. The van der Waals surface area contributed by atoms with Crippen molar-refractivity contribution < 1.29 is 23.1 Å². The molecule has 8 rings (SSSR count). The van der Waals surface area contributed by atoms with Crippen LogP contribution < -0.4 is 15.1 Å². The highest BCUT2D eigenvalue weighted by molar-refractivity contribution is 6.00. The van der Waals surface area contributed by atoms with Crippen LogP contribution in [0, 0.1) is 17.6 Å². The van der Waals surface area contributed by atoms with Gasteiger partial charge >= 0.3 is 0 Å². The molecule has 3 aromatic carbocycles. The molecule has 4 aliphatic heterocycles. The highest BCUT2D eigenvalue weighted by Crippen LogP contribution is 2.42. The molecular weight excluding hydrogens is 616 g/mol. The molecule has 2 amide bonds. The number of hydrogen-bond donors (Lipinski definition) is 0. The molecule has 5 heterocycles. The minimum absolute atomic E-state index is 0.0228. The third-order valence-electron chi connectivity index (χ3n) is 10.6. The van der Waals surface area contributed by atoms with Crippen molar-refractivity contribution in [3.05, 3.63) is 93.8 Å². The van der Waals surface area contributed by atoms with Gasteiger partial charge in [-0.3, -0.25) is 14.4 Å². The summed E-state index contributed by atoms with van der Waals surface area (Å²) in [5.74, 6) is -1.34. The first-order valence-corrected chi connectivity index (χ1v) is 16.6. The molecule has 0 radical (unpaired) electrons. The number of pyridine rings is 1. The second kappa shape index (κ2) is 11.7. The number of likely N-dealkylation sites (tertiary alicyclic amines) is 2. The van der Waals surface area contributed by atoms with E-state index in [1.165, 1.54) is 12.1 Å². The van der Waals surface area contributed by atoms with E-state index in [2.05, 4.69) is 4.90 Å². The lowest BCUT2D eigenvalue weighted by Gasteiger charge is -2.37. The molecule has 9 nitrogen and oxygen atoms in total. The average Bonchev–Trinajstić information content (AvgIpc) is 3.69. The Kier molecular flexibility index (Phi) is 7.47. The van der Waals surface area contributed by atoms with Gasteiger partial charge in [-0.05, 0) is 44.2 Å². The van der Waals surface area contributed by atoms with Gasteiger partial charge in [0.2, 0.25) is 5.43 Å². The van der Waals surface area contributed by atoms with Crippen molar-refractivity contribution in [1.29, 1.82) is 0 Å². The van der Waals surface area contributed by atoms with E-state index in [-0.39, 0.29) is 53.6 Å². The number of aromatic nitrogens is 1. The molecule has 248 valence electrons. The smallest absolute Gasteiger partial charge is 0.259 e. The van der Waals surface area contributed by atoms with Crippen molar-refractivity contribution in [3.63, 3.8) is 0 Å². The van der Waals surface area contributed by atoms with E-state index < -0.39 is 23.0 Å². The average molecular weight is 654 g/mol. The van der Waals surface area contributed by atoms with E-state index in [0.29, 0.717) is 55.1 Å². The number of anilines is 1. The van der Waals surface area contributed by atoms with Crippen molar-refractivity contribution >= 4 is 28.4 Å². The molecule has 0 bridgehead atoms. The minimum atomic E-state index is -0.539. The van der Waals surface area contributed by atoms with Gasteiger partial charge in [-0.2, -0.15) is 0 Å². The largest absolute Gasteiger partial charge is 0.487 e. The summed E-state index contributed by atoms with van der Waals surface area (Å²) in [6, 6.07) is 14.6. The number of carbonyl (C=O) groups excluding carboxylic acids is 2. The fraction of sp³-hybridized carbons (Fsp3) is 0.378. The molecule has 0 saturated carbocycles. The molecule has 0 N–H and O–H groups in total. The predicted octanol–water partition coefficient (Wildman–Crippen LogP) is 4.64. The van der Waals surface area contributed by atoms with Crippen LogP contribution in [0.2, 0.25) is 0 Å². The molecular formula is C37H37F2N5O4. The van der Waals surface area contributed by atoms with Gasteiger partial charge in [0.1, 0.15) is 23.7 Å². The number of hydrogen-bond acceptors (Lipinski definition) is 6. The van der Waals surface area contributed by atoms with Crippen molar-refractivity contribution in [1.82, 2.24) is 19.3 Å². The van der Waals surface area contributed by atoms with E-state index in [1.807, 2.05) is 53.8 Å². The summed E-state index contributed by atoms with van der Waals surface area (Å²) in [6.45, 7) is 6.23. The molecule has 3 atom stereocenters. The number of ether oxygens (including phenoxy) is 1. The molecule has 4 aliphatic rings. The Morgan fingerprint density at radius 1 is 0.896 bits per heavy atom. The first-order valence-electron chi connectivity index (χ1n) is 16.6. The van der Waals surface area contributed by atoms with E-state index in [4.69, 9.17) is 4.74 Å². The van der Waals surface area contributed by atoms with E-state index in [1.54, 1.807) is 28.1 Å². The molecule has 48 heavy (non-hydrogen) atoms. The number of likely N-dealkylation sites (N-methyl/N-ethyl adjacent to an activating group) is 1. The molecule has 3 fully saturated rings. The zero-order valence-corrected chi connectivity index (χ0v) is 27.0. The Morgan fingerprint density at radius 3 is 2.42 bits per heavy atom. The van der Waals surface area contributed by atoms with Gasteiger partial charge in [0.05, 0.1) is 23.0 Å². The number of halogens is 2. The van der Waals surface area contributed by atoms with Crippen LogP contribution >= 0.6 is 0 Å². The Bertz CT molecular complexity index is 2010. The fourth-order valence-corrected chi connectivity index (χ4v) is 7.90. The molecule has 0 spiro atoms. The normalized spacial score (nSPS) is 22.2. The van der Waals surface area contributed by atoms with Gasteiger partial charge in [-0.25, -0.2) is 8.78 Å². The van der Waals surface area contributed by atoms with Crippen LogP contribution in [0.15, 0.2) is 65.6 Å². The van der Waals surface area contributed by atoms with E-state index in [9.17, 15) is 14.4 Å². The van der Waals surface area contributed by atoms with Crippen LogP contribution in [-0.4, -0.2) is 96.6 Å². The minimum Gasteiger partial charge on any atom is -0.487 e. The summed E-state index contributed by atoms with van der Waals surface area (Å²) in [4.78, 5) is 49.1. The molecule has 0 aliphatic carbocycles. The number of nitrogens with zero attached hydrogens (tertiary/aromatic N) is 5. The van der Waals surface area contributed by atoms with Gasteiger partial charge in [0.25, 0.3) is 11.8 Å². The van der Waals surface area contributed by atoms with Crippen LogP contribution in [0.4, 0.5) is 14.5 Å². The van der Waals surface area contributed by atoms with Crippen molar-refractivity contribution in [2.45, 2.75) is 25.4 Å². The van der Waals surface area contributed by atoms with Crippen LogP contribution in [0.25, 0.3) is 22.0 Å². The molecule has 11 heteroatoms. The lowest BCUT2D eigenvalue weighted by atomic mass is 10.0. The van der Waals surface area contributed by atoms with Crippen LogP contribution in [0.5, 0.6) is 5.75 Å². The van der Waals surface area contributed by atoms with Gasteiger partial charge in [-0.1, -0.05) is 36.4 Å².